The molecule has 0 N–H and O–H groups in total. The molecular weight excluding hydrogens is 728 g/mol. The number of aromatic nitrogens is 2. The van der Waals surface area contributed by atoms with Crippen molar-refractivity contribution in [3.05, 3.63) is 140 Å². The van der Waals surface area contributed by atoms with Crippen LogP contribution in [-0.2, 0) is 20.1 Å². The second-order valence-corrected chi connectivity index (χ2v) is 16.1. The predicted octanol–water partition coefficient (Wildman–Crippen LogP) is 9.35. The van der Waals surface area contributed by atoms with E-state index in [9.17, 15) is 0 Å². The molecule has 7 rings (SSSR count). The molecule has 0 atom stereocenters. The van der Waals surface area contributed by atoms with Gasteiger partial charge in [0.25, 0.3) is 0 Å². The van der Waals surface area contributed by atoms with Crippen molar-refractivity contribution >= 4 is 35.2 Å². The second kappa shape index (κ2) is 13.0. The van der Waals surface area contributed by atoms with Crippen LogP contribution in [0.5, 0.6) is 0 Å². The zero-order valence-corrected chi connectivity index (χ0v) is 27.5. The van der Waals surface area contributed by atoms with Crippen LogP contribution in [0.15, 0.2) is 126 Å². The van der Waals surface area contributed by atoms with Crippen molar-refractivity contribution in [3.63, 3.8) is 0 Å². The fourth-order valence-electron chi connectivity index (χ4n) is 4.96. The number of hydrogen-bond acceptors (Lipinski definition) is 3. The summed E-state index contributed by atoms with van der Waals surface area (Å²) >= 11 is 0. The molecule has 4 aromatic carbocycles. The van der Waals surface area contributed by atoms with Crippen LogP contribution in [0.2, 0.25) is 19.6 Å². The summed E-state index contributed by atoms with van der Waals surface area (Å²) < 4.78 is 21.3. The van der Waals surface area contributed by atoms with Crippen LogP contribution in [0.3, 0.4) is 0 Å². The van der Waals surface area contributed by atoms with Crippen molar-refractivity contribution in [1.29, 1.82) is 0 Å². The Morgan fingerprint density at radius 2 is 1.33 bits per heavy atom. The van der Waals surface area contributed by atoms with E-state index in [4.69, 9.17) is 4.42 Å². The average Bonchev–Trinajstić information content (AvgIpc) is 3.41. The van der Waals surface area contributed by atoms with Gasteiger partial charge in [0.2, 0.25) is 0 Å². The van der Waals surface area contributed by atoms with Crippen LogP contribution in [0, 0.1) is 17.9 Å². The van der Waals surface area contributed by atoms with Crippen molar-refractivity contribution in [2.75, 3.05) is 0 Å². The third-order valence-corrected chi connectivity index (χ3v) is 9.23. The van der Waals surface area contributed by atoms with Gasteiger partial charge in [-0.1, -0.05) is 84.3 Å². The third-order valence-electron chi connectivity index (χ3n) is 7.16. The molecule has 0 unspecified atom stereocenters. The van der Waals surface area contributed by atoms with Gasteiger partial charge in [0.05, 0.1) is 19.2 Å². The van der Waals surface area contributed by atoms with Gasteiger partial charge in [-0.05, 0) is 41.2 Å². The molecule has 6 heteroatoms. The van der Waals surface area contributed by atoms with Gasteiger partial charge < -0.3 is 14.4 Å². The van der Waals surface area contributed by atoms with E-state index in [0.717, 1.165) is 38.9 Å². The first kappa shape index (κ1) is 30.2. The molecule has 1 radical (unpaired) electrons. The van der Waals surface area contributed by atoms with Gasteiger partial charge in [0, 0.05) is 37.9 Å². The summed E-state index contributed by atoms with van der Waals surface area (Å²) in [7, 11) is -1.42. The fourth-order valence-corrected chi connectivity index (χ4v) is 6.13. The van der Waals surface area contributed by atoms with E-state index in [0.29, 0.717) is 16.7 Å². The molecule has 215 valence electrons. The Morgan fingerprint density at radius 3 is 1.95 bits per heavy atom. The summed E-state index contributed by atoms with van der Waals surface area (Å²) in [4.78, 5) is 8.66. The molecule has 0 spiro atoms. The fraction of sp³-hybridized carbons (Fsp3) is 0.0811. The molecule has 0 fully saturated rings. The van der Waals surface area contributed by atoms with Crippen LogP contribution in [0.4, 0.5) is 4.39 Å². The number of rotatable bonds is 4. The summed E-state index contributed by atoms with van der Waals surface area (Å²) in [5.74, 6) is -0.286. The van der Waals surface area contributed by atoms with E-state index in [2.05, 4.69) is 53.9 Å². The van der Waals surface area contributed by atoms with Gasteiger partial charge in [-0.15, -0.1) is 54.1 Å². The smallest absolute Gasteiger partial charge is 0.134 e. The maximum absolute atomic E-state index is 15.0. The zero-order valence-electron chi connectivity index (χ0n) is 24.1. The van der Waals surface area contributed by atoms with Gasteiger partial charge in [0.1, 0.15) is 11.4 Å². The Labute approximate surface area is 265 Å². The predicted molar refractivity (Wildman–Crippen MR) is 173 cm³/mol. The molecule has 7 aromatic rings. The molecule has 0 aliphatic heterocycles. The number of furan rings is 1. The maximum Gasteiger partial charge on any atom is 0.134 e. The topological polar surface area (TPSA) is 38.9 Å². The van der Waals surface area contributed by atoms with Gasteiger partial charge >= 0.3 is 0 Å². The van der Waals surface area contributed by atoms with Crippen molar-refractivity contribution in [2.24, 2.45) is 0 Å². The number of halogens is 1. The summed E-state index contributed by atoms with van der Waals surface area (Å²) in [5, 5.41) is 3.17. The summed E-state index contributed by atoms with van der Waals surface area (Å²) in [5.41, 5.74) is 6.13. The molecule has 0 aliphatic rings. The average molecular weight is 757 g/mol. The van der Waals surface area contributed by atoms with E-state index in [-0.39, 0.29) is 25.9 Å². The summed E-state index contributed by atoms with van der Waals surface area (Å²) in [6.45, 7) is 6.91. The molecule has 0 amide bonds. The molecular formula is C37H29FIrN2OSi-2. The van der Waals surface area contributed by atoms with Gasteiger partial charge in [-0.2, -0.15) is 0 Å². The Balaban J connectivity index is 0.000000238. The van der Waals surface area contributed by atoms with Crippen molar-refractivity contribution in [1.82, 2.24) is 9.97 Å². The van der Waals surface area contributed by atoms with Crippen LogP contribution >= 0.6 is 0 Å². The van der Waals surface area contributed by atoms with E-state index in [1.54, 1.807) is 18.5 Å². The number of pyridine rings is 2. The largest absolute Gasteiger partial charge is 0.500 e. The molecule has 0 bridgehead atoms. The van der Waals surface area contributed by atoms with Crippen LogP contribution in [0.25, 0.3) is 55.6 Å². The molecule has 3 nitrogen and oxygen atoms in total. The van der Waals surface area contributed by atoms with Crippen LogP contribution in [0.1, 0.15) is 0 Å². The standard InChI is InChI=1S/C26H21FNOSi.C11H8N.Ir/c1-30(2,3)18-12-10-17(11-13-18)24-22(27)15-14-20-19-7-6-8-21(25(19)29-26(20)24)23-9-4-5-16-28-23;1-2-6-10(7-3-1)11-8-4-5-9-12-11;/h4-7,9-16H,1-3H3;1-6,8-9H;/q2*-1;. The quantitative estimate of drug-likeness (QED) is 0.133. The minimum atomic E-state index is -1.42. The first-order valence-corrected chi connectivity index (χ1v) is 17.4. The van der Waals surface area contributed by atoms with Gasteiger partial charge in [-0.3, -0.25) is 0 Å². The summed E-state index contributed by atoms with van der Waals surface area (Å²) in [6, 6.07) is 41.2. The molecule has 3 heterocycles. The van der Waals surface area contributed by atoms with E-state index < -0.39 is 8.07 Å². The van der Waals surface area contributed by atoms with Crippen molar-refractivity contribution in [3.8, 4) is 33.6 Å². The third kappa shape index (κ3) is 6.42. The van der Waals surface area contributed by atoms with E-state index in [1.165, 1.54) is 11.3 Å². The molecule has 0 saturated carbocycles. The number of hydrogen-bond donors (Lipinski definition) is 0. The number of fused-ring (bicyclic) bond motifs is 3. The summed E-state index contributed by atoms with van der Waals surface area (Å²) in [6.07, 6.45) is 3.53. The molecule has 0 aliphatic carbocycles. The first-order chi connectivity index (χ1) is 20.4. The van der Waals surface area contributed by atoms with Crippen LogP contribution < -0.4 is 5.19 Å². The van der Waals surface area contributed by atoms with Crippen LogP contribution in [-0.4, -0.2) is 18.0 Å². The van der Waals surface area contributed by atoms with Crippen molar-refractivity contribution in [2.45, 2.75) is 19.6 Å². The Bertz CT molecular complexity index is 1920. The van der Waals surface area contributed by atoms with Gasteiger partial charge in [0.15, 0.2) is 0 Å². The molecule has 0 saturated heterocycles. The molecule has 43 heavy (non-hydrogen) atoms. The second-order valence-electron chi connectivity index (χ2n) is 11.0. The maximum atomic E-state index is 15.0. The Hall–Kier alpha value is -4.22. The number of nitrogens with zero attached hydrogens (tertiary/aromatic N) is 2. The monoisotopic (exact) mass is 757 g/mol. The normalized spacial score (nSPS) is 11.1. The number of benzene rings is 4. The Morgan fingerprint density at radius 1 is 0.651 bits per heavy atom. The molecule has 3 aromatic heterocycles. The zero-order chi connectivity index (χ0) is 29.1. The van der Waals surface area contributed by atoms with Crippen molar-refractivity contribution < 1.29 is 28.9 Å². The SMILES string of the molecule is C[Si](C)(C)c1ccc(-c2c(F)ccc3c2oc2c(-c4ccccn4)[c-]ccc23)cc1.[Ir].[c-]1ccccc1-c1ccccn1. The first-order valence-electron chi connectivity index (χ1n) is 13.9. The van der Waals surface area contributed by atoms with E-state index in [1.807, 2.05) is 84.9 Å². The van der Waals surface area contributed by atoms with E-state index >= 15 is 4.39 Å². The minimum Gasteiger partial charge on any atom is -0.500 e. The Kier molecular flexibility index (Phi) is 9.12. The minimum absolute atomic E-state index is 0. The van der Waals surface area contributed by atoms with Gasteiger partial charge in [-0.25, -0.2) is 4.39 Å².